The molecule has 2 unspecified atom stereocenters. The van der Waals surface area contributed by atoms with Crippen LogP contribution in [0, 0.1) is 5.82 Å². The molecule has 0 saturated heterocycles. The molecule has 4 heteroatoms. The smallest absolute Gasteiger partial charge is 0.124 e. The molecule has 0 aromatic heterocycles. The maximum atomic E-state index is 12.8. The van der Waals surface area contributed by atoms with Gasteiger partial charge in [0.25, 0.3) is 0 Å². The van der Waals surface area contributed by atoms with Gasteiger partial charge in [-0.15, -0.1) is 0 Å². The Morgan fingerprint density at radius 2 is 2.20 bits per heavy atom. The Labute approximate surface area is 91.6 Å². The average molecular weight is 230 g/mol. The topological polar surface area (TPSA) is 37.3 Å². The second-order valence-corrected chi connectivity index (χ2v) is 5.25. The van der Waals surface area contributed by atoms with Gasteiger partial charge < -0.3 is 5.11 Å². The van der Waals surface area contributed by atoms with Gasteiger partial charge in [-0.2, -0.15) is 0 Å². The Balaban J connectivity index is 2.78. The molecule has 15 heavy (non-hydrogen) atoms. The number of benzene rings is 1. The summed E-state index contributed by atoms with van der Waals surface area (Å²) in [5, 5.41) is 9.74. The lowest BCUT2D eigenvalue weighted by Crippen LogP contribution is -2.30. The van der Waals surface area contributed by atoms with E-state index in [9.17, 15) is 13.7 Å². The molecule has 0 aliphatic heterocycles. The highest BCUT2D eigenvalue weighted by molar-refractivity contribution is 7.85. The van der Waals surface area contributed by atoms with Gasteiger partial charge in [0.15, 0.2) is 0 Å². The number of rotatable bonds is 4. The Morgan fingerprint density at radius 3 is 2.73 bits per heavy atom. The van der Waals surface area contributed by atoms with Crippen molar-refractivity contribution in [3.05, 3.63) is 30.1 Å². The fourth-order valence-electron chi connectivity index (χ4n) is 1.08. The van der Waals surface area contributed by atoms with Gasteiger partial charge in [0.2, 0.25) is 0 Å². The van der Waals surface area contributed by atoms with Crippen LogP contribution in [0.3, 0.4) is 0 Å². The van der Waals surface area contributed by atoms with Crippen molar-refractivity contribution >= 4 is 10.8 Å². The molecule has 0 saturated carbocycles. The lowest BCUT2D eigenvalue weighted by molar-refractivity contribution is 0.0806. The molecule has 2 nitrogen and oxygen atoms in total. The van der Waals surface area contributed by atoms with E-state index >= 15 is 0 Å². The van der Waals surface area contributed by atoms with Crippen LogP contribution in [0.2, 0.25) is 0 Å². The number of hydrogen-bond acceptors (Lipinski definition) is 2. The van der Waals surface area contributed by atoms with Gasteiger partial charge in [-0.3, -0.25) is 4.21 Å². The molecule has 0 aliphatic rings. The van der Waals surface area contributed by atoms with E-state index in [2.05, 4.69) is 0 Å². The van der Waals surface area contributed by atoms with Crippen LogP contribution in [0.25, 0.3) is 0 Å². The summed E-state index contributed by atoms with van der Waals surface area (Å²) in [4.78, 5) is 0.420. The van der Waals surface area contributed by atoms with E-state index < -0.39 is 22.2 Å². The summed E-state index contributed by atoms with van der Waals surface area (Å²) in [5.74, 6) is -0.274. The normalized spacial score (nSPS) is 17.1. The quantitative estimate of drug-likeness (QED) is 0.860. The minimum atomic E-state index is -1.35. The van der Waals surface area contributed by atoms with Crippen LogP contribution in [0.15, 0.2) is 29.2 Å². The van der Waals surface area contributed by atoms with Crippen molar-refractivity contribution in [2.45, 2.75) is 30.8 Å². The minimum absolute atomic E-state index is 0.132. The molecule has 0 aliphatic carbocycles. The lowest BCUT2D eigenvalue weighted by Gasteiger charge is -2.20. The van der Waals surface area contributed by atoms with Crippen molar-refractivity contribution < 1.29 is 13.7 Å². The highest BCUT2D eigenvalue weighted by Crippen LogP contribution is 2.16. The second-order valence-electron chi connectivity index (χ2n) is 3.80. The van der Waals surface area contributed by atoms with E-state index in [-0.39, 0.29) is 5.75 Å². The molecule has 1 aromatic carbocycles. The maximum Gasteiger partial charge on any atom is 0.124 e. The highest BCUT2D eigenvalue weighted by Gasteiger charge is 2.21. The zero-order chi connectivity index (χ0) is 11.5. The van der Waals surface area contributed by atoms with Crippen molar-refractivity contribution in [1.82, 2.24) is 0 Å². The van der Waals surface area contributed by atoms with Crippen LogP contribution in [-0.4, -0.2) is 20.7 Å². The predicted molar refractivity (Wildman–Crippen MR) is 58.6 cm³/mol. The van der Waals surface area contributed by atoms with Gasteiger partial charge in [0.05, 0.1) is 22.2 Å². The number of aliphatic hydroxyl groups is 1. The highest BCUT2D eigenvalue weighted by atomic mass is 32.2. The minimum Gasteiger partial charge on any atom is -0.389 e. The molecular weight excluding hydrogens is 215 g/mol. The molecule has 84 valence electrons. The Kier molecular flexibility index (Phi) is 3.99. The standard InChI is InChI=1S/C11H15FO2S/c1-3-11(2,13)8-15(14)10-6-4-5-9(12)7-10/h4-7,13H,3,8H2,1-2H3. The molecule has 0 spiro atoms. The molecular formula is C11H15FO2S. The average Bonchev–Trinajstić information content (AvgIpc) is 2.17. The molecule has 1 N–H and O–H groups in total. The summed E-state index contributed by atoms with van der Waals surface area (Å²) in [6, 6.07) is 5.66. The van der Waals surface area contributed by atoms with Crippen molar-refractivity contribution in [2.75, 3.05) is 5.75 Å². The second kappa shape index (κ2) is 4.86. The molecule has 0 fully saturated rings. The van der Waals surface area contributed by atoms with E-state index in [1.165, 1.54) is 18.2 Å². The summed E-state index contributed by atoms with van der Waals surface area (Å²) >= 11 is 0. The van der Waals surface area contributed by atoms with Crippen molar-refractivity contribution in [3.8, 4) is 0 Å². The zero-order valence-corrected chi connectivity index (χ0v) is 9.68. The lowest BCUT2D eigenvalue weighted by atomic mass is 10.1. The van der Waals surface area contributed by atoms with Crippen LogP contribution in [0.4, 0.5) is 4.39 Å². The molecule has 2 atom stereocenters. The van der Waals surface area contributed by atoms with Crippen LogP contribution in [0.5, 0.6) is 0 Å². The predicted octanol–water partition coefficient (Wildman–Crippen LogP) is 2.09. The van der Waals surface area contributed by atoms with E-state index in [4.69, 9.17) is 0 Å². The van der Waals surface area contributed by atoms with Crippen LogP contribution < -0.4 is 0 Å². The third-order valence-corrected chi connectivity index (χ3v) is 3.93. The zero-order valence-electron chi connectivity index (χ0n) is 8.87. The van der Waals surface area contributed by atoms with Gasteiger partial charge in [-0.05, 0) is 31.5 Å². The first-order valence-electron chi connectivity index (χ1n) is 4.81. The third-order valence-electron chi connectivity index (χ3n) is 2.26. The number of hydrogen-bond donors (Lipinski definition) is 1. The van der Waals surface area contributed by atoms with Crippen LogP contribution in [0.1, 0.15) is 20.3 Å². The fourth-order valence-corrected chi connectivity index (χ4v) is 2.49. The summed E-state index contributed by atoms with van der Waals surface area (Å²) in [7, 11) is -1.35. The van der Waals surface area contributed by atoms with E-state index in [1.807, 2.05) is 6.92 Å². The van der Waals surface area contributed by atoms with Crippen molar-refractivity contribution in [1.29, 1.82) is 0 Å². The summed E-state index contributed by atoms with van der Waals surface area (Å²) in [6.45, 7) is 3.45. The van der Waals surface area contributed by atoms with Crippen molar-refractivity contribution in [2.24, 2.45) is 0 Å². The van der Waals surface area contributed by atoms with E-state index in [1.54, 1.807) is 13.0 Å². The summed E-state index contributed by atoms with van der Waals surface area (Å²) in [6.07, 6.45) is 0.522. The van der Waals surface area contributed by atoms with Crippen molar-refractivity contribution in [3.63, 3.8) is 0 Å². The van der Waals surface area contributed by atoms with Gasteiger partial charge in [-0.25, -0.2) is 4.39 Å². The molecule has 1 rings (SSSR count). The first-order valence-corrected chi connectivity index (χ1v) is 6.13. The number of halogens is 1. The molecule has 1 aromatic rings. The molecule has 0 amide bonds. The maximum absolute atomic E-state index is 12.8. The largest absolute Gasteiger partial charge is 0.389 e. The van der Waals surface area contributed by atoms with Gasteiger partial charge >= 0.3 is 0 Å². The van der Waals surface area contributed by atoms with Crippen LogP contribution in [-0.2, 0) is 10.8 Å². The SMILES string of the molecule is CCC(C)(O)CS(=O)c1cccc(F)c1. The molecule has 0 radical (unpaired) electrons. The van der Waals surface area contributed by atoms with Gasteiger partial charge in [0, 0.05) is 4.90 Å². The van der Waals surface area contributed by atoms with Crippen LogP contribution >= 0.6 is 0 Å². The molecule has 0 heterocycles. The van der Waals surface area contributed by atoms with E-state index in [0.29, 0.717) is 11.3 Å². The Morgan fingerprint density at radius 1 is 1.53 bits per heavy atom. The molecule has 0 bridgehead atoms. The first kappa shape index (κ1) is 12.3. The fraction of sp³-hybridized carbons (Fsp3) is 0.455. The van der Waals surface area contributed by atoms with Gasteiger partial charge in [-0.1, -0.05) is 13.0 Å². The first-order chi connectivity index (χ1) is 6.94. The third kappa shape index (κ3) is 3.72. The summed E-state index contributed by atoms with van der Waals surface area (Å²) < 4.78 is 24.6. The van der Waals surface area contributed by atoms with E-state index in [0.717, 1.165) is 0 Å². The van der Waals surface area contributed by atoms with Gasteiger partial charge in [0.1, 0.15) is 5.82 Å². The Hall–Kier alpha value is -0.740. The monoisotopic (exact) mass is 230 g/mol. The summed E-state index contributed by atoms with van der Waals surface area (Å²) in [5.41, 5.74) is -0.961. The Bertz CT molecular complexity index is 363.